The van der Waals surface area contributed by atoms with Crippen LogP contribution in [-0.2, 0) is 11.2 Å². The fourth-order valence-electron chi connectivity index (χ4n) is 1.98. The number of hydrogen-bond acceptors (Lipinski definition) is 3. The van der Waals surface area contributed by atoms with Gasteiger partial charge in [-0.25, -0.2) is 0 Å². The van der Waals surface area contributed by atoms with E-state index in [1.54, 1.807) is 7.11 Å². The molecule has 3 N–H and O–H groups in total. The Labute approximate surface area is 121 Å². The molecule has 0 aliphatic carbocycles. The maximum absolute atomic E-state index is 12.1. The van der Waals surface area contributed by atoms with Gasteiger partial charge < -0.3 is 15.8 Å². The number of amides is 1. The summed E-state index contributed by atoms with van der Waals surface area (Å²) in [5, 5.41) is 2.97. The highest BCUT2D eigenvalue weighted by Crippen LogP contribution is 2.20. The van der Waals surface area contributed by atoms with Crippen LogP contribution in [0.25, 0.3) is 0 Å². The van der Waals surface area contributed by atoms with Gasteiger partial charge in [-0.3, -0.25) is 4.79 Å². The number of nitrogens with two attached hydrogens (primary N) is 1. The molecule has 1 amide bonds. The van der Waals surface area contributed by atoms with E-state index >= 15 is 0 Å². The zero-order valence-corrected chi connectivity index (χ0v) is 13.1. The first kappa shape index (κ1) is 16.5. The van der Waals surface area contributed by atoms with Crippen LogP contribution in [0.5, 0.6) is 5.75 Å². The lowest BCUT2D eigenvalue weighted by Gasteiger charge is -2.27. The number of rotatable bonds is 5. The Hall–Kier alpha value is -1.55. The third kappa shape index (κ3) is 4.53. The third-order valence-corrected chi connectivity index (χ3v) is 3.32. The van der Waals surface area contributed by atoms with Crippen LogP contribution in [0.3, 0.4) is 0 Å². The molecule has 0 fully saturated rings. The Bertz CT molecular complexity index is 452. The number of ether oxygens (including phenoxy) is 1. The van der Waals surface area contributed by atoms with Gasteiger partial charge in [-0.05, 0) is 30.4 Å². The van der Waals surface area contributed by atoms with E-state index in [4.69, 9.17) is 10.5 Å². The number of hydrogen-bond donors (Lipinski definition) is 2. The minimum Gasteiger partial charge on any atom is -0.496 e. The van der Waals surface area contributed by atoms with Crippen molar-refractivity contribution in [2.45, 2.75) is 46.2 Å². The van der Waals surface area contributed by atoms with Crippen molar-refractivity contribution in [3.63, 3.8) is 0 Å². The third-order valence-electron chi connectivity index (χ3n) is 3.32. The highest BCUT2D eigenvalue weighted by atomic mass is 16.5. The van der Waals surface area contributed by atoms with Crippen LogP contribution in [0.4, 0.5) is 0 Å². The molecular weight excluding hydrogens is 252 g/mol. The van der Waals surface area contributed by atoms with Crippen LogP contribution in [-0.4, -0.2) is 25.1 Å². The monoisotopic (exact) mass is 278 g/mol. The number of nitrogens with one attached hydrogen (secondary N) is 1. The van der Waals surface area contributed by atoms with Gasteiger partial charge in [0.15, 0.2) is 0 Å². The first-order valence-corrected chi connectivity index (χ1v) is 6.93. The van der Waals surface area contributed by atoms with E-state index < -0.39 is 6.04 Å². The molecule has 0 spiro atoms. The predicted octanol–water partition coefficient (Wildman–Crippen LogP) is 2.12. The smallest absolute Gasteiger partial charge is 0.237 e. The van der Waals surface area contributed by atoms with Crippen molar-refractivity contribution in [1.29, 1.82) is 0 Å². The molecule has 20 heavy (non-hydrogen) atoms. The minimum atomic E-state index is -0.511. The number of methoxy groups -OCH3 is 1. The summed E-state index contributed by atoms with van der Waals surface area (Å²) < 4.78 is 5.32. The molecule has 0 saturated carbocycles. The highest BCUT2D eigenvalue weighted by Gasteiger charge is 2.28. The van der Waals surface area contributed by atoms with Crippen molar-refractivity contribution in [1.82, 2.24) is 5.32 Å². The average Bonchev–Trinajstić information content (AvgIpc) is 2.37. The van der Waals surface area contributed by atoms with Gasteiger partial charge in [-0.15, -0.1) is 0 Å². The van der Waals surface area contributed by atoms with E-state index in [0.717, 1.165) is 11.3 Å². The predicted molar refractivity (Wildman–Crippen MR) is 81.7 cm³/mol. The van der Waals surface area contributed by atoms with Gasteiger partial charge in [0.25, 0.3) is 0 Å². The van der Waals surface area contributed by atoms with Crippen LogP contribution in [0.1, 0.15) is 33.3 Å². The summed E-state index contributed by atoms with van der Waals surface area (Å²) >= 11 is 0. The fourth-order valence-corrected chi connectivity index (χ4v) is 1.98. The second kappa shape index (κ2) is 6.75. The molecule has 1 aromatic carbocycles. The van der Waals surface area contributed by atoms with Gasteiger partial charge >= 0.3 is 0 Å². The van der Waals surface area contributed by atoms with Crippen LogP contribution in [0.15, 0.2) is 24.3 Å². The minimum absolute atomic E-state index is 0.00667. The zero-order chi connectivity index (χ0) is 15.3. The Morgan fingerprint density at radius 2 is 1.95 bits per heavy atom. The summed E-state index contributed by atoms with van der Waals surface area (Å²) in [6, 6.07) is 7.32. The normalized spacial score (nSPS) is 14.5. The van der Waals surface area contributed by atoms with Gasteiger partial charge in [0.05, 0.1) is 13.2 Å². The van der Waals surface area contributed by atoms with Crippen LogP contribution in [0.2, 0.25) is 0 Å². The molecule has 0 bridgehead atoms. The van der Waals surface area contributed by atoms with E-state index in [1.807, 2.05) is 52.0 Å². The zero-order valence-electron chi connectivity index (χ0n) is 13.1. The fraction of sp³-hybridized carbons (Fsp3) is 0.562. The van der Waals surface area contributed by atoms with Crippen molar-refractivity contribution in [3.8, 4) is 5.75 Å². The van der Waals surface area contributed by atoms with Crippen LogP contribution < -0.4 is 15.8 Å². The van der Waals surface area contributed by atoms with Crippen molar-refractivity contribution in [2.75, 3.05) is 7.11 Å². The van der Waals surface area contributed by atoms with E-state index in [1.165, 1.54) is 0 Å². The molecule has 4 heteroatoms. The molecule has 112 valence electrons. The van der Waals surface area contributed by atoms with E-state index in [0.29, 0.717) is 6.42 Å². The molecule has 0 radical (unpaired) electrons. The second-order valence-electron chi connectivity index (χ2n) is 6.27. The molecule has 0 aliphatic rings. The van der Waals surface area contributed by atoms with Crippen molar-refractivity contribution in [3.05, 3.63) is 29.8 Å². The summed E-state index contributed by atoms with van der Waals surface area (Å²) in [6.45, 7) is 7.85. The Morgan fingerprint density at radius 1 is 1.35 bits per heavy atom. The number of para-hydroxylation sites is 1. The lowest BCUT2D eigenvalue weighted by Crippen LogP contribution is -2.51. The summed E-state index contributed by atoms with van der Waals surface area (Å²) in [7, 11) is 1.65. The van der Waals surface area contributed by atoms with Crippen molar-refractivity contribution >= 4 is 5.91 Å². The van der Waals surface area contributed by atoms with Crippen molar-refractivity contribution < 1.29 is 9.53 Å². The quantitative estimate of drug-likeness (QED) is 0.867. The lowest BCUT2D eigenvalue weighted by molar-refractivity contribution is -0.125. The molecule has 2 atom stereocenters. The van der Waals surface area contributed by atoms with Gasteiger partial charge in [0, 0.05) is 6.04 Å². The average molecular weight is 278 g/mol. The molecule has 1 aromatic rings. The molecule has 0 aliphatic heterocycles. The number of benzene rings is 1. The highest BCUT2D eigenvalue weighted by molar-refractivity contribution is 5.82. The molecule has 0 saturated heterocycles. The molecule has 4 nitrogen and oxygen atoms in total. The maximum Gasteiger partial charge on any atom is 0.237 e. The largest absolute Gasteiger partial charge is 0.496 e. The van der Waals surface area contributed by atoms with Gasteiger partial charge in [0.2, 0.25) is 5.91 Å². The van der Waals surface area contributed by atoms with Crippen LogP contribution in [0, 0.1) is 5.41 Å². The first-order valence-electron chi connectivity index (χ1n) is 6.93. The summed E-state index contributed by atoms with van der Waals surface area (Å²) in [4.78, 5) is 12.1. The topological polar surface area (TPSA) is 64.3 Å². The van der Waals surface area contributed by atoms with Gasteiger partial charge in [-0.1, -0.05) is 39.0 Å². The lowest BCUT2D eigenvalue weighted by atomic mass is 9.86. The molecule has 1 unspecified atom stereocenters. The summed E-state index contributed by atoms with van der Waals surface area (Å²) in [5.41, 5.74) is 6.79. The molecule has 0 aromatic heterocycles. The Kier molecular flexibility index (Phi) is 5.57. The van der Waals surface area contributed by atoms with Gasteiger partial charge in [0.1, 0.15) is 5.75 Å². The molecular formula is C16H26N2O2. The SMILES string of the molecule is COc1ccccc1CC(C)NC(=O)[C@H](N)C(C)(C)C. The Balaban J connectivity index is 2.64. The van der Waals surface area contributed by atoms with E-state index in [2.05, 4.69) is 5.32 Å². The van der Waals surface area contributed by atoms with Crippen molar-refractivity contribution in [2.24, 2.45) is 11.1 Å². The van der Waals surface area contributed by atoms with E-state index in [-0.39, 0.29) is 17.4 Å². The Morgan fingerprint density at radius 3 is 2.50 bits per heavy atom. The van der Waals surface area contributed by atoms with Gasteiger partial charge in [-0.2, -0.15) is 0 Å². The second-order valence-corrected chi connectivity index (χ2v) is 6.27. The summed E-state index contributed by atoms with van der Waals surface area (Å²) in [5.74, 6) is 0.730. The van der Waals surface area contributed by atoms with E-state index in [9.17, 15) is 4.79 Å². The molecule has 0 heterocycles. The van der Waals surface area contributed by atoms with Crippen LogP contribution >= 0.6 is 0 Å². The molecule has 1 rings (SSSR count). The first-order chi connectivity index (χ1) is 9.25. The number of carbonyl (C=O) groups excluding carboxylic acids is 1. The standard InChI is InChI=1S/C16H26N2O2/c1-11(18-15(19)14(17)16(2,3)4)10-12-8-6-7-9-13(12)20-5/h6-9,11,14H,10,17H2,1-5H3,(H,18,19)/t11?,14-/m0/s1. The maximum atomic E-state index is 12.1. The number of carbonyl (C=O) groups is 1. The summed E-state index contributed by atoms with van der Waals surface area (Å²) in [6.07, 6.45) is 0.715.